The zero-order valence-electron chi connectivity index (χ0n) is 18.8. The molecular formula is C27H29N3O2. The van der Waals surface area contributed by atoms with E-state index in [2.05, 4.69) is 30.2 Å². The van der Waals surface area contributed by atoms with Gasteiger partial charge in [0.2, 0.25) is 0 Å². The maximum absolute atomic E-state index is 13.8. The van der Waals surface area contributed by atoms with Crippen LogP contribution in [0.15, 0.2) is 48.5 Å². The topological polar surface area (TPSA) is 45.7 Å². The average molecular weight is 428 g/mol. The van der Waals surface area contributed by atoms with Gasteiger partial charge in [-0.05, 0) is 67.3 Å². The van der Waals surface area contributed by atoms with E-state index in [4.69, 9.17) is 9.72 Å². The molecule has 1 aromatic heterocycles. The molecule has 5 rings (SSSR count). The third-order valence-electron chi connectivity index (χ3n) is 6.63. The second-order valence-electron chi connectivity index (χ2n) is 8.72. The molecule has 2 aromatic carbocycles. The molecule has 1 fully saturated rings. The number of ether oxygens (including phenoxy) is 1. The van der Waals surface area contributed by atoms with E-state index in [9.17, 15) is 4.79 Å². The van der Waals surface area contributed by atoms with E-state index in [1.165, 1.54) is 5.57 Å². The summed E-state index contributed by atoms with van der Waals surface area (Å²) >= 11 is 0. The highest BCUT2D eigenvalue weighted by Gasteiger charge is 2.29. The number of fused-ring (bicyclic) bond motifs is 2. The van der Waals surface area contributed by atoms with Gasteiger partial charge in [0.05, 0.1) is 23.9 Å². The number of hydrogen-bond acceptors (Lipinski definition) is 4. The van der Waals surface area contributed by atoms with E-state index in [0.717, 1.165) is 84.5 Å². The van der Waals surface area contributed by atoms with E-state index in [1.807, 2.05) is 41.3 Å². The average Bonchev–Trinajstić information content (AvgIpc) is 2.83. The molecule has 0 unspecified atom stereocenters. The van der Waals surface area contributed by atoms with Gasteiger partial charge < -0.3 is 14.5 Å². The number of para-hydroxylation sites is 1. The summed E-state index contributed by atoms with van der Waals surface area (Å²) in [5.41, 5.74) is 6.17. The highest BCUT2D eigenvalue weighted by atomic mass is 16.5. The first-order chi connectivity index (χ1) is 15.6. The Morgan fingerprint density at radius 1 is 1.00 bits per heavy atom. The molecule has 164 valence electrons. The van der Waals surface area contributed by atoms with E-state index in [0.29, 0.717) is 0 Å². The summed E-state index contributed by atoms with van der Waals surface area (Å²) in [6, 6.07) is 16.2. The minimum absolute atomic E-state index is 0.152. The Labute approximate surface area is 189 Å². The minimum atomic E-state index is 0.152. The number of pyridine rings is 1. The van der Waals surface area contributed by atoms with Gasteiger partial charge in [-0.3, -0.25) is 4.79 Å². The first-order valence-electron chi connectivity index (χ1n) is 11.4. The SMILES string of the molecule is COc1ccc(/C=C2\CCCc3c2nc2ccccc2c3C(=O)N2CCN(C)CC2)cc1. The smallest absolute Gasteiger partial charge is 0.254 e. The molecular weight excluding hydrogens is 398 g/mol. The Morgan fingerprint density at radius 2 is 1.75 bits per heavy atom. The van der Waals surface area contributed by atoms with Crippen molar-refractivity contribution in [3.8, 4) is 5.75 Å². The lowest BCUT2D eigenvalue weighted by Gasteiger charge is -2.33. The molecule has 0 radical (unpaired) electrons. The summed E-state index contributed by atoms with van der Waals surface area (Å²) in [4.78, 5) is 23.1. The number of carbonyl (C=O) groups is 1. The molecule has 3 aromatic rings. The molecule has 1 saturated heterocycles. The molecule has 0 saturated carbocycles. The molecule has 0 bridgehead atoms. The maximum Gasteiger partial charge on any atom is 0.254 e. The Kier molecular flexibility index (Phi) is 5.66. The van der Waals surface area contributed by atoms with Crippen LogP contribution in [0.4, 0.5) is 0 Å². The van der Waals surface area contributed by atoms with Gasteiger partial charge in [0.1, 0.15) is 5.75 Å². The van der Waals surface area contributed by atoms with Gasteiger partial charge in [-0.25, -0.2) is 4.98 Å². The maximum atomic E-state index is 13.8. The molecule has 1 aliphatic heterocycles. The fourth-order valence-electron chi connectivity index (χ4n) is 4.79. The Morgan fingerprint density at radius 3 is 2.50 bits per heavy atom. The van der Waals surface area contributed by atoms with E-state index in [-0.39, 0.29) is 5.91 Å². The number of hydrogen-bond donors (Lipinski definition) is 0. The predicted molar refractivity (Wildman–Crippen MR) is 129 cm³/mol. The third-order valence-corrected chi connectivity index (χ3v) is 6.63. The van der Waals surface area contributed by atoms with Crippen molar-refractivity contribution in [3.63, 3.8) is 0 Å². The lowest BCUT2D eigenvalue weighted by molar-refractivity contribution is 0.0665. The van der Waals surface area contributed by atoms with Gasteiger partial charge in [-0.15, -0.1) is 0 Å². The summed E-state index contributed by atoms with van der Waals surface area (Å²) in [5.74, 6) is 0.999. The molecule has 5 heteroatoms. The lowest BCUT2D eigenvalue weighted by Crippen LogP contribution is -2.47. The second kappa shape index (κ2) is 8.75. The van der Waals surface area contributed by atoms with Crippen molar-refractivity contribution in [1.29, 1.82) is 0 Å². The van der Waals surface area contributed by atoms with Crippen LogP contribution >= 0.6 is 0 Å². The number of piperazine rings is 1. The standard InChI is InChI=1S/C27H29N3O2/c1-29-14-16-30(17-15-29)27(31)25-22-7-3-4-9-24(22)28-26-20(6-5-8-23(25)26)18-19-10-12-21(32-2)13-11-19/h3-4,7,9-13,18H,5-6,8,14-17H2,1-2H3/b20-18+. The summed E-state index contributed by atoms with van der Waals surface area (Å²) in [5, 5.41) is 0.973. The number of benzene rings is 2. The van der Waals surface area contributed by atoms with Gasteiger partial charge >= 0.3 is 0 Å². The minimum Gasteiger partial charge on any atom is -0.497 e. The number of nitrogens with zero attached hydrogens (tertiary/aromatic N) is 3. The van der Waals surface area contributed by atoms with Gasteiger partial charge in [0, 0.05) is 31.6 Å². The van der Waals surface area contributed by atoms with Crippen LogP contribution < -0.4 is 4.74 Å². The largest absolute Gasteiger partial charge is 0.497 e. The number of methoxy groups -OCH3 is 1. The highest BCUT2D eigenvalue weighted by Crippen LogP contribution is 2.36. The molecule has 0 spiro atoms. The number of amides is 1. The summed E-state index contributed by atoms with van der Waals surface area (Å²) in [7, 11) is 3.79. The first kappa shape index (κ1) is 20.7. The van der Waals surface area contributed by atoms with E-state index < -0.39 is 0 Å². The molecule has 5 nitrogen and oxygen atoms in total. The molecule has 0 atom stereocenters. The zero-order chi connectivity index (χ0) is 22.1. The van der Waals surface area contributed by atoms with E-state index in [1.54, 1.807) is 7.11 Å². The first-order valence-corrected chi connectivity index (χ1v) is 11.4. The lowest BCUT2D eigenvalue weighted by atomic mass is 9.85. The Bertz CT molecular complexity index is 1180. The second-order valence-corrected chi connectivity index (χ2v) is 8.72. The number of aromatic nitrogens is 1. The van der Waals surface area contributed by atoms with Crippen molar-refractivity contribution >= 4 is 28.5 Å². The van der Waals surface area contributed by atoms with Crippen LogP contribution in [0.25, 0.3) is 22.6 Å². The molecule has 32 heavy (non-hydrogen) atoms. The van der Waals surface area contributed by atoms with Crippen molar-refractivity contribution in [2.24, 2.45) is 0 Å². The van der Waals surface area contributed by atoms with Gasteiger partial charge in [-0.2, -0.15) is 0 Å². The zero-order valence-corrected chi connectivity index (χ0v) is 18.8. The predicted octanol–water partition coefficient (Wildman–Crippen LogP) is 4.51. The number of likely N-dealkylation sites (N-methyl/N-ethyl adjacent to an activating group) is 1. The van der Waals surface area contributed by atoms with Crippen molar-refractivity contribution in [2.75, 3.05) is 40.3 Å². The molecule has 2 aliphatic rings. The van der Waals surface area contributed by atoms with Crippen LogP contribution in [0, 0.1) is 0 Å². The van der Waals surface area contributed by atoms with Crippen molar-refractivity contribution in [1.82, 2.24) is 14.8 Å². The fraction of sp³-hybridized carbons (Fsp3) is 0.333. The van der Waals surface area contributed by atoms with Crippen LogP contribution in [0.2, 0.25) is 0 Å². The molecule has 2 heterocycles. The van der Waals surface area contributed by atoms with Crippen LogP contribution in [0.3, 0.4) is 0 Å². The summed E-state index contributed by atoms with van der Waals surface area (Å²) < 4.78 is 5.29. The molecule has 1 amide bonds. The third kappa shape index (κ3) is 3.89. The Balaban J connectivity index is 1.62. The van der Waals surface area contributed by atoms with Crippen molar-refractivity contribution < 1.29 is 9.53 Å². The normalized spacial score (nSPS) is 18.1. The quantitative estimate of drug-likeness (QED) is 0.617. The van der Waals surface area contributed by atoms with Crippen molar-refractivity contribution in [2.45, 2.75) is 19.3 Å². The fourth-order valence-corrected chi connectivity index (χ4v) is 4.79. The highest BCUT2D eigenvalue weighted by molar-refractivity contribution is 6.09. The molecule has 1 aliphatic carbocycles. The molecule has 0 N–H and O–H groups in total. The van der Waals surface area contributed by atoms with Gasteiger partial charge in [0.25, 0.3) is 5.91 Å². The monoisotopic (exact) mass is 427 g/mol. The number of allylic oxidation sites excluding steroid dienone is 1. The van der Waals surface area contributed by atoms with Crippen LogP contribution in [-0.4, -0.2) is 61.0 Å². The van der Waals surface area contributed by atoms with E-state index >= 15 is 0 Å². The number of carbonyl (C=O) groups excluding carboxylic acids is 1. The van der Waals surface area contributed by atoms with Crippen LogP contribution in [0.5, 0.6) is 5.75 Å². The summed E-state index contributed by atoms with van der Waals surface area (Å²) in [6.07, 6.45) is 5.09. The summed E-state index contributed by atoms with van der Waals surface area (Å²) in [6.45, 7) is 3.38. The van der Waals surface area contributed by atoms with Gasteiger partial charge in [0.15, 0.2) is 0 Å². The van der Waals surface area contributed by atoms with Crippen LogP contribution in [0.1, 0.15) is 40.0 Å². The van der Waals surface area contributed by atoms with Crippen molar-refractivity contribution in [3.05, 3.63) is 70.9 Å². The number of rotatable bonds is 3. The van der Waals surface area contributed by atoms with Gasteiger partial charge in [-0.1, -0.05) is 30.3 Å². The van der Waals surface area contributed by atoms with Crippen LogP contribution in [-0.2, 0) is 6.42 Å². The Hall–Kier alpha value is -3.18.